The highest BCUT2D eigenvalue weighted by molar-refractivity contribution is 6.09. The normalized spacial score (nSPS) is 23.9. The second kappa shape index (κ2) is 7.22. The molecule has 1 aromatic carbocycles. The van der Waals surface area contributed by atoms with Crippen molar-refractivity contribution in [3.63, 3.8) is 0 Å². The van der Waals surface area contributed by atoms with E-state index in [9.17, 15) is 0 Å². The topological polar surface area (TPSA) is 59.0 Å². The van der Waals surface area contributed by atoms with Crippen molar-refractivity contribution in [3.05, 3.63) is 35.0 Å². The molecule has 0 saturated carbocycles. The molecule has 27 heavy (non-hydrogen) atoms. The van der Waals surface area contributed by atoms with Gasteiger partial charge in [0, 0.05) is 22.9 Å². The maximum Gasteiger partial charge on any atom is 0.211 e. The summed E-state index contributed by atoms with van der Waals surface area (Å²) in [7, 11) is 0. The summed E-state index contributed by atoms with van der Waals surface area (Å²) < 4.78 is 11.6. The monoisotopic (exact) mass is 365 g/mol. The number of benzene rings is 1. The number of aliphatic imine (C=N–C) groups is 2. The van der Waals surface area contributed by atoms with Crippen LogP contribution in [0.2, 0.25) is 0 Å². The van der Waals surface area contributed by atoms with Gasteiger partial charge in [0.05, 0.1) is 22.8 Å². The fraction of sp³-hybridized carbons (Fsp3) is 0.455. The van der Waals surface area contributed by atoms with Gasteiger partial charge >= 0.3 is 0 Å². The Morgan fingerprint density at radius 3 is 1.67 bits per heavy atom. The Bertz CT molecular complexity index is 934. The van der Waals surface area contributed by atoms with Crippen molar-refractivity contribution < 1.29 is 9.47 Å². The standard InChI is InChI=1S/C22H27N3O2/c1-13(2)19-11-26-21(24-19)9-17-15-7-5-6-8-16(15)18(23-17)10-22-25-20(12-27-22)14(3)4/h5-10,13-14,19-20,23H,11-12H2,1-4H3/b17-9-,18-10-/t19-,20-/m1/s1. The molecular formula is C22H27N3O2. The molecule has 0 bridgehead atoms. The second-order valence-corrected chi connectivity index (χ2v) is 7.97. The summed E-state index contributed by atoms with van der Waals surface area (Å²) in [5, 5.41) is 4.28. The van der Waals surface area contributed by atoms with Crippen molar-refractivity contribution in [2.24, 2.45) is 21.8 Å². The Kier molecular flexibility index (Phi) is 4.77. The number of fused-ring (bicyclic) bond motifs is 1. The Labute approximate surface area is 159 Å². The van der Waals surface area contributed by atoms with Gasteiger partial charge in [-0.15, -0.1) is 0 Å². The molecule has 4 rings (SSSR count). The highest BCUT2D eigenvalue weighted by Crippen LogP contribution is 2.15. The first kappa shape index (κ1) is 17.8. The Balaban J connectivity index is 1.77. The van der Waals surface area contributed by atoms with Crippen LogP contribution < -0.4 is 10.7 Å². The van der Waals surface area contributed by atoms with E-state index in [4.69, 9.17) is 19.5 Å². The first-order valence-electron chi connectivity index (χ1n) is 9.72. The van der Waals surface area contributed by atoms with Crippen molar-refractivity contribution >= 4 is 34.7 Å². The molecule has 2 aliphatic rings. The zero-order valence-electron chi connectivity index (χ0n) is 16.4. The third kappa shape index (κ3) is 3.64. The molecule has 5 nitrogen and oxygen atoms in total. The minimum Gasteiger partial charge on any atom is -0.476 e. The molecule has 0 aliphatic carbocycles. The third-order valence-electron chi connectivity index (χ3n) is 5.24. The van der Waals surface area contributed by atoms with Crippen LogP contribution in [0.15, 0.2) is 34.3 Å². The molecule has 0 saturated heterocycles. The van der Waals surface area contributed by atoms with Gasteiger partial charge in [0.25, 0.3) is 0 Å². The van der Waals surface area contributed by atoms with Gasteiger partial charge in [0.15, 0.2) is 0 Å². The predicted molar refractivity (Wildman–Crippen MR) is 111 cm³/mol. The molecule has 0 spiro atoms. The number of nitrogens with zero attached hydrogens (tertiary/aromatic N) is 2. The molecule has 142 valence electrons. The predicted octanol–water partition coefficient (Wildman–Crippen LogP) is 2.64. The van der Waals surface area contributed by atoms with Gasteiger partial charge in [-0.1, -0.05) is 52.0 Å². The van der Waals surface area contributed by atoms with Crippen LogP contribution in [0, 0.1) is 11.8 Å². The van der Waals surface area contributed by atoms with Crippen molar-refractivity contribution in [2.75, 3.05) is 13.2 Å². The lowest BCUT2D eigenvalue weighted by molar-refractivity contribution is 0.294. The molecule has 1 N–H and O–H groups in total. The molecule has 0 amide bonds. The highest BCUT2D eigenvalue weighted by Gasteiger charge is 2.21. The summed E-state index contributed by atoms with van der Waals surface area (Å²) in [6.07, 6.45) is 3.99. The number of rotatable bonds is 4. The zero-order valence-corrected chi connectivity index (χ0v) is 16.4. The van der Waals surface area contributed by atoms with Gasteiger partial charge in [0.1, 0.15) is 13.2 Å². The molecule has 2 atom stereocenters. The minimum atomic E-state index is 0.234. The maximum absolute atomic E-state index is 5.78. The number of H-pyrrole nitrogens is 1. The first-order valence-corrected chi connectivity index (χ1v) is 9.72. The Hall–Kier alpha value is -2.56. The molecule has 0 unspecified atom stereocenters. The smallest absolute Gasteiger partial charge is 0.211 e. The number of nitrogens with one attached hydrogen (secondary N) is 1. The fourth-order valence-corrected chi connectivity index (χ4v) is 3.37. The van der Waals surface area contributed by atoms with Crippen LogP contribution in [0.3, 0.4) is 0 Å². The zero-order chi connectivity index (χ0) is 19.0. The van der Waals surface area contributed by atoms with E-state index >= 15 is 0 Å². The minimum absolute atomic E-state index is 0.234. The quantitative estimate of drug-likeness (QED) is 0.905. The average molecular weight is 365 g/mol. The number of hydrogen-bond acceptors (Lipinski definition) is 4. The van der Waals surface area contributed by atoms with Crippen LogP contribution in [0.5, 0.6) is 0 Å². The third-order valence-corrected chi connectivity index (χ3v) is 5.24. The van der Waals surface area contributed by atoms with Crippen LogP contribution in [0.25, 0.3) is 22.9 Å². The number of aromatic nitrogens is 1. The van der Waals surface area contributed by atoms with Gasteiger partial charge in [0.2, 0.25) is 11.8 Å². The van der Waals surface area contributed by atoms with Crippen LogP contribution in [0.4, 0.5) is 0 Å². The van der Waals surface area contributed by atoms with E-state index in [1.54, 1.807) is 0 Å². The summed E-state index contributed by atoms with van der Waals surface area (Å²) in [6, 6.07) is 8.78. The van der Waals surface area contributed by atoms with Crippen molar-refractivity contribution in [1.29, 1.82) is 0 Å². The molecule has 2 aliphatic heterocycles. The molecule has 2 aromatic rings. The van der Waals surface area contributed by atoms with Gasteiger partial charge in [-0.2, -0.15) is 0 Å². The van der Waals surface area contributed by atoms with Crippen LogP contribution in [-0.4, -0.2) is 42.1 Å². The molecule has 5 heteroatoms. The van der Waals surface area contributed by atoms with Crippen molar-refractivity contribution in [1.82, 2.24) is 4.98 Å². The average Bonchev–Trinajstić information content (AvgIpc) is 3.36. The molecule has 0 fully saturated rings. The maximum atomic E-state index is 5.78. The van der Waals surface area contributed by atoms with Crippen LogP contribution in [-0.2, 0) is 9.47 Å². The number of aromatic amines is 1. The molecule has 3 heterocycles. The molecule has 1 aromatic heterocycles. The summed E-state index contributed by atoms with van der Waals surface area (Å²) in [5.74, 6) is 2.35. The lowest BCUT2D eigenvalue weighted by atomic mass is 10.1. The van der Waals surface area contributed by atoms with E-state index in [1.807, 2.05) is 24.3 Å². The van der Waals surface area contributed by atoms with Crippen LogP contribution >= 0.6 is 0 Å². The highest BCUT2D eigenvalue weighted by atomic mass is 16.5. The summed E-state index contributed by atoms with van der Waals surface area (Å²) in [4.78, 5) is 12.9. The van der Waals surface area contributed by atoms with Gasteiger partial charge in [-0.25, -0.2) is 9.98 Å². The molecular weight excluding hydrogens is 338 g/mol. The SMILES string of the molecule is CC(C)[C@H]1COC(/C=c2\[nH]/c(=C\C3=N[C@@H](C(C)C)CO3)c3ccccc23)=N1. The number of ether oxygens (including phenoxy) is 2. The summed E-state index contributed by atoms with van der Waals surface area (Å²) >= 11 is 0. The van der Waals surface area contributed by atoms with E-state index < -0.39 is 0 Å². The Morgan fingerprint density at radius 2 is 1.30 bits per heavy atom. The van der Waals surface area contributed by atoms with E-state index in [2.05, 4.69) is 44.8 Å². The fourth-order valence-electron chi connectivity index (χ4n) is 3.37. The van der Waals surface area contributed by atoms with Crippen molar-refractivity contribution in [2.45, 2.75) is 39.8 Å². The van der Waals surface area contributed by atoms with E-state index in [0.717, 1.165) is 21.5 Å². The molecule has 0 radical (unpaired) electrons. The van der Waals surface area contributed by atoms with Gasteiger partial charge in [-0.3, -0.25) is 0 Å². The summed E-state index contributed by atoms with van der Waals surface area (Å²) in [6.45, 7) is 9.99. The lowest BCUT2D eigenvalue weighted by Gasteiger charge is -2.06. The second-order valence-electron chi connectivity index (χ2n) is 7.97. The van der Waals surface area contributed by atoms with E-state index in [1.165, 1.54) is 0 Å². The van der Waals surface area contributed by atoms with Crippen molar-refractivity contribution in [3.8, 4) is 0 Å². The van der Waals surface area contributed by atoms with Gasteiger partial charge < -0.3 is 14.5 Å². The van der Waals surface area contributed by atoms with E-state index in [-0.39, 0.29) is 12.1 Å². The number of hydrogen-bond donors (Lipinski definition) is 1. The largest absolute Gasteiger partial charge is 0.476 e. The summed E-state index contributed by atoms with van der Waals surface area (Å²) in [5.41, 5.74) is 0. The first-order chi connectivity index (χ1) is 13.0. The van der Waals surface area contributed by atoms with E-state index in [0.29, 0.717) is 36.8 Å². The van der Waals surface area contributed by atoms with Gasteiger partial charge in [-0.05, 0) is 11.8 Å². The Morgan fingerprint density at radius 1 is 0.852 bits per heavy atom. The van der Waals surface area contributed by atoms with Crippen LogP contribution in [0.1, 0.15) is 27.7 Å². The lowest BCUT2D eigenvalue weighted by Crippen LogP contribution is -2.14.